The molecular formula is C25H28. The van der Waals surface area contributed by atoms with E-state index in [0.717, 1.165) is 0 Å². The molecule has 25 heavy (non-hydrogen) atoms. The summed E-state index contributed by atoms with van der Waals surface area (Å²) in [7, 11) is 0. The third-order valence-electron chi connectivity index (χ3n) is 6.15. The number of rotatable bonds is 2. The van der Waals surface area contributed by atoms with Gasteiger partial charge in [-0.1, -0.05) is 101 Å². The fourth-order valence-corrected chi connectivity index (χ4v) is 4.62. The standard InChI is InChI=1S/C25H28/c1-24(2,3)17-14-15-18(16-17)25(4,5)23-21-12-8-6-10-19(21)20-11-7-9-13-22(20)23/h6-16,18,23H,1-5H3. The van der Waals surface area contributed by atoms with Crippen LogP contribution < -0.4 is 0 Å². The molecule has 0 aromatic heterocycles. The maximum absolute atomic E-state index is 2.50. The van der Waals surface area contributed by atoms with Crippen molar-refractivity contribution in [2.45, 2.75) is 40.5 Å². The van der Waals surface area contributed by atoms with Gasteiger partial charge in [-0.3, -0.25) is 0 Å². The van der Waals surface area contributed by atoms with Gasteiger partial charge in [0, 0.05) is 11.8 Å². The summed E-state index contributed by atoms with van der Waals surface area (Å²) in [4.78, 5) is 0. The Balaban J connectivity index is 1.82. The van der Waals surface area contributed by atoms with E-state index in [1.165, 1.54) is 27.8 Å². The predicted octanol–water partition coefficient (Wildman–Crippen LogP) is 6.98. The van der Waals surface area contributed by atoms with Gasteiger partial charge >= 0.3 is 0 Å². The van der Waals surface area contributed by atoms with Crippen LogP contribution in [0, 0.1) is 16.7 Å². The molecule has 0 fully saturated rings. The van der Waals surface area contributed by atoms with Crippen LogP contribution in [0.15, 0.2) is 72.3 Å². The lowest BCUT2D eigenvalue weighted by Crippen LogP contribution is -2.28. The maximum atomic E-state index is 2.50. The monoisotopic (exact) mass is 328 g/mol. The third kappa shape index (κ3) is 2.51. The van der Waals surface area contributed by atoms with Crippen LogP contribution in [0.1, 0.15) is 51.7 Å². The predicted molar refractivity (Wildman–Crippen MR) is 108 cm³/mol. The van der Waals surface area contributed by atoms with E-state index < -0.39 is 0 Å². The van der Waals surface area contributed by atoms with Crippen molar-refractivity contribution in [2.75, 3.05) is 0 Å². The molecule has 0 spiro atoms. The zero-order valence-corrected chi connectivity index (χ0v) is 16.0. The van der Waals surface area contributed by atoms with Gasteiger partial charge in [-0.25, -0.2) is 0 Å². The van der Waals surface area contributed by atoms with E-state index in [0.29, 0.717) is 11.8 Å². The van der Waals surface area contributed by atoms with Crippen molar-refractivity contribution >= 4 is 0 Å². The van der Waals surface area contributed by atoms with Crippen LogP contribution in [0.3, 0.4) is 0 Å². The first kappa shape index (κ1) is 16.4. The van der Waals surface area contributed by atoms with Crippen molar-refractivity contribution in [3.05, 3.63) is 83.5 Å². The Kier molecular flexibility index (Phi) is 3.58. The zero-order valence-electron chi connectivity index (χ0n) is 16.0. The van der Waals surface area contributed by atoms with Gasteiger partial charge < -0.3 is 0 Å². The second-order valence-corrected chi connectivity index (χ2v) is 9.19. The minimum atomic E-state index is 0.131. The molecule has 0 heterocycles. The molecule has 0 saturated carbocycles. The van der Waals surface area contributed by atoms with Gasteiger partial charge in [-0.15, -0.1) is 0 Å². The van der Waals surface area contributed by atoms with Crippen LogP contribution >= 0.6 is 0 Å². The summed E-state index contributed by atoms with van der Waals surface area (Å²) in [5, 5.41) is 0. The summed E-state index contributed by atoms with van der Waals surface area (Å²) in [6.45, 7) is 11.8. The van der Waals surface area contributed by atoms with Crippen molar-refractivity contribution in [1.29, 1.82) is 0 Å². The van der Waals surface area contributed by atoms with Crippen LogP contribution in [0.25, 0.3) is 11.1 Å². The van der Waals surface area contributed by atoms with Gasteiger partial charge in [0.1, 0.15) is 0 Å². The molecule has 0 amide bonds. The fraction of sp³-hybridized carbons (Fsp3) is 0.360. The summed E-state index contributed by atoms with van der Waals surface area (Å²) in [6.07, 6.45) is 7.27. The number of allylic oxidation sites excluding steroid dienone is 4. The Morgan fingerprint density at radius 1 is 0.720 bits per heavy atom. The van der Waals surface area contributed by atoms with E-state index in [9.17, 15) is 0 Å². The number of hydrogen-bond donors (Lipinski definition) is 0. The van der Waals surface area contributed by atoms with E-state index in [2.05, 4.69) is 101 Å². The third-order valence-corrected chi connectivity index (χ3v) is 6.15. The Hall–Kier alpha value is -2.08. The average Bonchev–Trinajstić information content (AvgIpc) is 3.18. The second-order valence-electron chi connectivity index (χ2n) is 9.19. The normalized spacial score (nSPS) is 19.7. The van der Waals surface area contributed by atoms with Crippen molar-refractivity contribution in [3.8, 4) is 11.1 Å². The zero-order chi connectivity index (χ0) is 17.8. The van der Waals surface area contributed by atoms with Gasteiger partial charge in [-0.05, 0) is 38.7 Å². The van der Waals surface area contributed by atoms with E-state index in [4.69, 9.17) is 0 Å². The molecule has 0 nitrogen and oxygen atoms in total. The van der Waals surface area contributed by atoms with E-state index in [1.54, 1.807) is 0 Å². The maximum Gasteiger partial charge on any atom is 0.0161 e. The molecule has 1 atom stereocenters. The van der Waals surface area contributed by atoms with Gasteiger partial charge in [0.05, 0.1) is 0 Å². The highest BCUT2D eigenvalue weighted by Gasteiger charge is 2.43. The molecule has 0 bridgehead atoms. The molecule has 2 aliphatic rings. The minimum Gasteiger partial charge on any atom is -0.0768 e. The molecule has 0 aliphatic heterocycles. The van der Waals surface area contributed by atoms with Crippen LogP contribution in [-0.2, 0) is 0 Å². The molecule has 128 valence electrons. The van der Waals surface area contributed by atoms with Crippen molar-refractivity contribution in [1.82, 2.24) is 0 Å². The smallest absolute Gasteiger partial charge is 0.0161 e. The van der Waals surface area contributed by atoms with E-state index in [1.807, 2.05) is 0 Å². The van der Waals surface area contributed by atoms with Crippen LogP contribution in [0.2, 0.25) is 0 Å². The quantitative estimate of drug-likeness (QED) is 0.557. The molecular weight excluding hydrogens is 300 g/mol. The first-order chi connectivity index (χ1) is 11.8. The summed E-state index contributed by atoms with van der Waals surface area (Å²) >= 11 is 0. The second kappa shape index (κ2) is 5.46. The summed E-state index contributed by atoms with van der Waals surface area (Å²) in [5.41, 5.74) is 7.61. The number of hydrogen-bond acceptors (Lipinski definition) is 0. The highest BCUT2D eigenvalue weighted by molar-refractivity contribution is 5.79. The number of fused-ring (bicyclic) bond motifs is 3. The number of benzene rings is 2. The Labute approximate surface area is 152 Å². The Bertz CT molecular complexity index is 825. The Morgan fingerprint density at radius 2 is 1.24 bits per heavy atom. The van der Waals surface area contributed by atoms with E-state index >= 15 is 0 Å². The first-order valence-corrected chi connectivity index (χ1v) is 9.39. The van der Waals surface area contributed by atoms with Crippen LogP contribution in [-0.4, -0.2) is 0 Å². The molecule has 1 unspecified atom stereocenters. The van der Waals surface area contributed by atoms with Gasteiger partial charge in [0.2, 0.25) is 0 Å². The van der Waals surface area contributed by atoms with Crippen molar-refractivity contribution < 1.29 is 0 Å². The lowest BCUT2D eigenvalue weighted by molar-refractivity contribution is 0.266. The van der Waals surface area contributed by atoms with Crippen LogP contribution in [0.5, 0.6) is 0 Å². The van der Waals surface area contributed by atoms with Gasteiger partial charge in [0.25, 0.3) is 0 Å². The van der Waals surface area contributed by atoms with Gasteiger partial charge in [-0.2, -0.15) is 0 Å². The summed E-state index contributed by atoms with van der Waals surface area (Å²) in [5.74, 6) is 0.899. The van der Waals surface area contributed by atoms with Crippen molar-refractivity contribution in [3.63, 3.8) is 0 Å². The molecule has 0 N–H and O–H groups in total. The lowest BCUT2D eigenvalue weighted by atomic mass is 9.66. The average molecular weight is 328 g/mol. The molecule has 0 heteroatoms. The minimum absolute atomic E-state index is 0.131. The van der Waals surface area contributed by atoms with Gasteiger partial charge in [0.15, 0.2) is 0 Å². The largest absolute Gasteiger partial charge is 0.0768 e. The Morgan fingerprint density at radius 3 is 1.72 bits per heavy atom. The first-order valence-electron chi connectivity index (χ1n) is 9.39. The molecule has 0 radical (unpaired) electrons. The highest BCUT2D eigenvalue weighted by Crippen LogP contribution is 2.56. The molecule has 2 aromatic carbocycles. The summed E-state index contributed by atoms with van der Waals surface area (Å²) in [6, 6.07) is 17.9. The molecule has 4 rings (SSSR count). The topological polar surface area (TPSA) is 0 Å². The lowest BCUT2D eigenvalue weighted by Gasteiger charge is -2.37. The van der Waals surface area contributed by atoms with E-state index in [-0.39, 0.29) is 10.8 Å². The molecule has 0 saturated heterocycles. The SMILES string of the molecule is CC(C)(C)C1=CC(C(C)(C)C2c3ccccc3-c3ccccc32)C=C1. The highest BCUT2D eigenvalue weighted by atomic mass is 14.5. The van der Waals surface area contributed by atoms with Crippen LogP contribution in [0.4, 0.5) is 0 Å². The molecule has 2 aromatic rings. The summed E-state index contributed by atoms with van der Waals surface area (Å²) < 4.78 is 0. The fourth-order valence-electron chi connectivity index (χ4n) is 4.62. The van der Waals surface area contributed by atoms with Crippen molar-refractivity contribution in [2.24, 2.45) is 16.7 Å². The molecule has 2 aliphatic carbocycles.